The Morgan fingerprint density at radius 1 is 1.04 bits per heavy atom. The molecule has 0 unspecified atom stereocenters. The molecule has 144 valence electrons. The molecule has 0 aromatic heterocycles. The van der Waals surface area contributed by atoms with Gasteiger partial charge >= 0.3 is 0 Å². The van der Waals surface area contributed by atoms with E-state index in [2.05, 4.69) is 10.6 Å². The smallest absolute Gasteiger partial charge is 0.258 e. The molecule has 0 aliphatic heterocycles. The van der Waals surface area contributed by atoms with Crippen LogP contribution < -0.4 is 20.1 Å². The number of nitrogens with one attached hydrogen (secondary N) is 2. The second-order valence-electron chi connectivity index (χ2n) is 6.65. The minimum atomic E-state index is -0.246. The Balaban J connectivity index is 2.10. The van der Waals surface area contributed by atoms with Crippen LogP contribution in [0.15, 0.2) is 36.4 Å². The zero-order valence-corrected chi connectivity index (χ0v) is 16.4. The number of hydrogen-bond acceptors (Lipinski definition) is 4. The molecule has 2 aromatic rings. The summed E-state index contributed by atoms with van der Waals surface area (Å²) in [5.41, 5.74) is 3.32. The summed E-state index contributed by atoms with van der Waals surface area (Å²) in [5.74, 6) is 0.327. The van der Waals surface area contributed by atoms with Crippen LogP contribution in [-0.4, -0.2) is 31.6 Å². The number of aryl methyl sites for hydroxylation is 2. The number of anilines is 1. The molecule has 0 radical (unpaired) electrons. The number of methoxy groups -OCH3 is 1. The third-order valence-electron chi connectivity index (χ3n) is 3.86. The first-order chi connectivity index (χ1) is 12.8. The quantitative estimate of drug-likeness (QED) is 0.782. The highest BCUT2D eigenvalue weighted by Crippen LogP contribution is 2.28. The Labute approximate surface area is 159 Å². The molecule has 0 aliphatic rings. The molecule has 0 fully saturated rings. The highest BCUT2D eigenvalue weighted by Gasteiger charge is 2.14. The predicted molar refractivity (Wildman–Crippen MR) is 106 cm³/mol. The molecule has 0 saturated carbocycles. The van der Waals surface area contributed by atoms with Gasteiger partial charge in [0.1, 0.15) is 0 Å². The fraction of sp³-hybridized carbons (Fsp3) is 0.333. The summed E-state index contributed by atoms with van der Waals surface area (Å²) >= 11 is 0. The summed E-state index contributed by atoms with van der Waals surface area (Å²) in [7, 11) is 1.49. The van der Waals surface area contributed by atoms with E-state index in [1.165, 1.54) is 7.11 Å². The topological polar surface area (TPSA) is 76.7 Å². The number of carbonyl (C=O) groups is 2. The van der Waals surface area contributed by atoms with Gasteiger partial charge in [-0.3, -0.25) is 9.59 Å². The van der Waals surface area contributed by atoms with Crippen LogP contribution in [-0.2, 0) is 4.79 Å². The standard InChI is InChI=1S/C21H26N2O4/c1-13(2)22-20(24)12-27-18-9-7-16(11-19(18)26-5)21(25)23-17-8-6-14(3)10-15(17)4/h6-11,13H,12H2,1-5H3,(H,22,24)(H,23,25). The van der Waals surface area contributed by atoms with Crippen molar-refractivity contribution < 1.29 is 19.1 Å². The van der Waals surface area contributed by atoms with Crippen molar-refractivity contribution in [2.45, 2.75) is 33.7 Å². The molecule has 2 rings (SSSR count). The number of benzene rings is 2. The number of carbonyl (C=O) groups excluding carboxylic acids is 2. The van der Waals surface area contributed by atoms with Crippen LogP contribution in [0.25, 0.3) is 0 Å². The van der Waals surface area contributed by atoms with Gasteiger partial charge < -0.3 is 20.1 Å². The molecule has 6 nitrogen and oxygen atoms in total. The largest absolute Gasteiger partial charge is 0.493 e. The lowest BCUT2D eigenvalue weighted by Crippen LogP contribution is -2.34. The van der Waals surface area contributed by atoms with Crippen molar-refractivity contribution in [1.29, 1.82) is 0 Å². The molecule has 0 saturated heterocycles. The second-order valence-corrected chi connectivity index (χ2v) is 6.65. The van der Waals surface area contributed by atoms with Crippen molar-refractivity contribution in [2.24, 2.45) is 0 Å². The van der Waals surface area contributed by atoms with Crippen LogP contribution >= 0.6 is 0 Å². The molecule has 0 aliphatic carbocycles. The van der Waals surface area contributed by atoms with Gasteiger partial charge in [-0.1, -0.05) is 17.7 Å². The third-order valence-corrected chi connectivity index (χ3v) is 3.86. The van der Waals surface area contributed by atoms with Crippen LogP contribution in [0.5, 0.6) is 11.5 Å². The van der Waals surface area contributed by atoms with Crippen molar-refractivity contribution in [2.75, 3.05) is 19.0 Å². The zero-order chi connectivity index (χ0) is 20.0. The van der Waals surface area contributed by atoms with Gasteiger partial charge in [0.15, 0.2) is 18.1 Å². The van der Waals surface area contributed by atoms with Crippen molar-refractivity contribution in [3.8, 4) is 11.5 Å². The fourth-order valence-corrected chi connectivity index (χ4v) is 2.58. The molecule has 2 amide bonds. The lowest BCUT2D eigenvalue weighted by atomic mass is 10.1. The zero-order valence-electron chi connectivity index (χ0n) is 16.4. The summed E-state index contributed by atoms with van der Waals surface area (Å²) < 4.78 is 10.8. The van der Waals surface area contributed by atoms with E-state index >= 15 is 0 Å². The number of hydrogen-bond donors (Lipinski definition) is 2. The molecule has 2 N–H and O–H groups in total. The maximum atomic E-state index is 12.5. The van der Waals surface area contributed by atoms with E-state index < -0.39 is 0 Å². The Hall–Kier alpha value is -3.02. The van der Waals surface area contributed by atoms with Crippen LogP contribution in [0.3, 0.4) is 0 Å². The second kappa shape index (κ2) is 9.07. The molecule has 0 spiro atoms. The van der Waals surface area contributed by atoms with E-state index in [0.29, 0.717) is 17.1 Å². The molecule has 0 heterocycles. The van der Waals surface area contributed by atoms with Gasteiger partial charge in [0.05, 0.1) is 7.11 Å². The molecular formula is C21H26N2O4. The van der Waals surface area contributed by atoms with E-state index in [1.807, 2.05) is 45.9 Å². The average Bonchev–Trinajstić information content (AvgIpc) is 2.61. The van der Waals surface area contributed by atoms with E-state index in [9.17, 15) is 9.59 Å². The molecule has 0 atom stereocenters. The summed E-state index contributed by atoms with van der Waals surface area (Å²) in [6.45, 7) is 7.58. The lowest BCUT2D eigenvalue weighted by Gasteiger charge is -2.14. The molecule has 27 heavy (non-hydrogen) atoms. The maximum absolute atomic E-state index is 12.5. The van der Waals surface area contributed by atoms with E-state index in [0.717, 1.165) is 16.8 Å². The molecule has 2 aromatic carbocycles. The van der Waals surface area contributed by atoms with Gasteiger partial charge in [0.25, 0.3) is 11.8 Å². The summed E-state index contributed by atoms with van der Waals surface area (Å²) in [6.07, 6.45) is 0. The molecule has 6 heteroatoms. The lowest BCUT2D eigenvalue weighted by molar-refractivity contribution is -0.123. The van der Waals surface area contributed by atoms with Crippen molar-refractivity contribution >= 4 is 17.5 Å². The maximum Gasteiger partial charge on any atom is 0.258 e. The van der Waals surface area contributed by atoms with Crippen LogP contribution in [0.4, 0.5) is 5.69 Å². The average molecular weight is 370 g/mol. The van der Waals surface area contributed by atoms with E-state index in [1.54, 1.807) is 18.2 Å². The number of ether oxygens (including phenoxy) is 2. The molecule has 0 bridgehead atoms. The van der Waals surface area contributed by atoms with Crippen molar-refractivity contribution in [1.82, 2.24) is 5.32 Å². The van der Waals surface area contributed by atoms with Gasteiger partial charge in [0.2, 0.25) is 0 Å². The monoisotopic (exact) mass is 370 g/mol. The normalized spacial score (nSPS) is 10.4. The van der Waals surface area contributed by atoms with Crippen molar-refractivity contribution in [3.63, 3.8) is 0 Å². The minimum Gasteiger partial charge on any atom is -0.493 e. The number of amides is 2. The van der Waals surface area contributed by atoms with E-state index in [-0.39, 0.29) is 24.5 Å². The first-order valence-corrected chi connectivity index (χ1v) is 8.79. The van der Waals surface area contributed by atoms with Gasteiger partial charge in [-0.15, -0.1) is 0 Å². The summed E-state index contributed by atoms with van der Waals surface area (Å²) in [6, 6.07) is 10.7. The Kier molecular flexibility index (Phi) is 6.82. The highest BCUT2D eigenvalue weighted by atomic mass is 16.5. The van der Waals surface area contributed by atoms with E-state index in [4.69, 9.17) is 9.47 Å². The highest BCUT2D eigenvalue weighted by molar-refractivity contribution is 6.05. The van der Waals surface area contributed by atoms with Gasteiger partial charge in [-0.05, 0) is 57.5 Å². The van der Waals surface area contributed by atoms with Gasteiger partial charge in [-0.2, -0.15) is 0 Å². The summed E-state index contributed by atoms with van der Waals surface area (Å²) in [4.78, 5) is 24.3. The predicted octanol–water partition coefficient (Wildman–Crippen LogP) is 3.47. The fourth-order valence-electron chi connectivity index (χ4n) is 2.58. The Bertz CT molecular complexity index is 831. The Morgan fingerprint density at radius 3 is 2.41 bits per heavy atom. The first-order valence-electron chi connectivity index (χ1n) is 8.79. The van der Waals surface area contributed by atoms with Crippen LogP contribution in [0.2, 0.25) is 0 Å². The number of rotatable bonds is 7. The van der Waals surface area contributed by atoms with Crippen molar-refractivity contribution in [3.05, 3.63) is 53.1 Å². The molecular weight excluding hydrogens is 344 g/mol. The first kappa shape index (κ1) is 20.3. The minimum absolute atomic E-state index is 0.0410. The third kappa shape index (κ3) is 5.74. The van der Waals surface area contributed by atoms with Crippen LogP contribution in [0, 0.1) is 13.8 Å². The van der Waals surface area contributed by atoms with Gasteiger partial charge in [0, 0.05) is 17.3 Å². The summed E-state index contributed by atoms with van der Waals surface area (Å²) in [5, 5.41) is 5.64. The van der Waals surface area contributed by atoms with Crippen LogP contribution in [0.1, 0.15) is 35.3 Å². The SMILES string of the molecule is COc1cc(C(=O)Nc2ccc(C)cc2C)ccc1OCC(=O)NC(C)C. The van der Waals surface area contributed by atoms with Gasteiger partial charge in [-0.25, -0.2) is 0 Å². The Morgan fingerprint density at radius 2 is 1.78 bits per heavy atom.